The normalized spacial score (nSPS) is 17.6. The molecule has 2 rings (SSSR count). The van der Waals surface area contributed by atoms with Gasteiger partial charge in [-0.15, -0.1) is 6.42 Å². The quantitative estimate of drug-likeness (QED) is 0.615. The van der Waals surface area contributed by atoms with E-state index in [1.807, 2.05) is 0 Å². The van der Waals surface area contributed by atoms with E-state index in [2.05, 4.69) is 15.6 Å². The number of methoxy groups -OCH3 is 1. The molecule has 92 valence electrons. The molecule has 1 atom stereocenters. The lowest BCUT2D eigenvalue weighted by Crippen LogP contribution is -2.21. The predicted octanol–water partition coefficient (Wildman–Crippen LogP) is 0.692. The smallest absolute Gasteiger partial charge is 0.334 e. The number of phenolic OH excluding ortho intramolecular Hbond substituents is 1. The lowest BCUT2D eigenvalue weighted by molar-refractivity contribution is -0.142. The molecular formula is C13H11NO4. The van der Waals surface area contributed by atoms with Crippen molar-refractivity contribution in [2.75, 3.05) is 13.7 Å². The van der Waals surface area contributed by atoms with Crippen molar-refractivity contribution in [1.82, 2.24) is 0 Å². The molecule has 0 bridgehead atoms. The Morgan fingerprint density at radius 2 is 2.44 bits per heavy atom. The van der Waals surface area contributed by atoms with Gasteiger partial charge in [0.15, 0.2) is 6.04 Å². The van der Waals surface area contributed by atoms with Crippen LogP contribution in [0.2, 0.25) is 0 Å². The van der Waals surface area contributed by atoms with Crippen LogP contribution in [0, 0.1) is 12.3 Å². The van der Waals surface area contributed by atoms with Gasteiger partial charge in [0.2, 0.25) is 5.90 Å². The van der Waals surface area contributed by atoms with Gasteiger partial charge in [-0.25, -0.2) is 9.79 Å². The molecule has 0 aromatic heterocycles. The summed E-state index contributed by atoms with van der Waals surface area (Å²) in [5.74, 6) is 2.12. The number of phenols is 1. The third-order valence-electron chi connectivity index (χ3n) is 2.52. The summed E-state index contributed by atoms with van der Waals surface area (Å²) in [4.78, 5) is 15.3. The van der Waals surface area contributed by atoms with Crippen LogP contribution in [0.25, 0.3) is 0 Å². The van der Waals surface area contributed by atoms with Crippen LogP contribution in [0.15, 0.2) is 23.2 Å². The van der Waals surface area contributed by atoms with E-state index in [1.54, 1.807) is 12.1 Å². The van der Waals surface area contributed by atoms with Gasteiger partial charge >= 0.3 is 5.97 Å². The Hall–Kier alpha value is -2.48. The summed E-state index contributed by atoms with van der Waals surface area (Å²) in [7, 11) is 1.29. The standard InChI is InChI=1S/C13H11NO4/c1-3-8-4-5-9(11(15)6-8)12-14-10(7-18-12)13(16)17-2/h1,4-6,10,15H,7H2,2H3. The van der Waals surface area contributed by atoms with Crippen LogP contribution in [-0.4, -0.2) is 36.7 Å². The molecule has 5 heteroatoms. The van der Waals surface area contributed by atoms with Crippen LogP contribution < -0.4 is 0 Å². The molecule has 0 fully saturated rings. The van der Waals surface area contributed by atoms with Crippen LogP contribution in [0.1, 0.15) is 11.1 Å². The topological polar surface area (TPSA) is 68.1 Å². The van der Waals surface area contributed by atoms with Gasteiger partial charge < -0.3 is 14.6 Å². The molecule has 1 aromatic carbocycles. The van der Waals surface area contributed by atoms with Gasteiger partial charge in [0.05, 0.1) is 12.7 Å². The van der Waals surface area contributed by atoms with Crippen molar-refractivity contribution in [2.24, 2.45) is 4.99 Å². The molecule has 5 nitrogen and oxygen atoms in total. The van der Waals surface area contributed by atoms with E-state index in [9.17, 15) is 9.90 Å². The van der Waals surface area contributed by atoms with E-state index in [4.69, 9.17) is 11.2 Å². The number of benzene rings is 1. The Morgan fingerprint density at radius 3 is 3.06 bits per heavy atom. The van der Waals surface area contributed by atoms with E-state index in [1.165, 1.54) is 13.2 Å². The number of nitrogens with zero attached hydrogens (tertiary/aromatic N) is 1. The number of hydrogen-bond acceptors (Lipinski definition) is 5. The molecule has 18 heavy (non-hydrogen) atoms. The zero-order valence-corrected chi connectivity index (χ0v) is 9.71. The molecule has 1 aliphatic rings. The molecule has 1 aromatic rings. The van der Waals surface area contributed by atoms with E-state index in [0.717, 1.165) is 0 Å². The SMILES string of the molecule is C#Cc1ccc(C2=NC(C(=O)OC)CO2)c(O)c1. The average molecular weight is 245 g/mol. The fourth-order valence-electron chi connectivity index (χ4n) is 1.58. The highest BCUT2D eigenvalue weighted by molar-refractivity contribution is 5.99. The maximum Gasteiger partial charge on any atom is 0.334 e. The summed E-state index contributed by atoms with van der Waals surface area (Å²) in [5, 5.41) is 9.79. The lowest BCUT2D eigenvalue weighted by Gasteiger charge is -2.04. The van der Waals surface area contributed by atoms with Crippen molar-refractivity contribution in [3.63, 3.8) is 0 Å². The number of rotatable bonds is 2. The molecule has 0 saturated heterocycles. The van der Waals surface area contributed by atoms with Crippen LogP contribution in [0.4, 0.5) is 0 Å². The number of aromatic hydroxyl groups is 1. The molecule has 0 spiro atoms. The Labute approximate surface area is 104 Å². The average Bonchev–Trinajstić information content (AvgIpc) is 2.87. The highest BCUT2D eigenvalue weighted by Gasteiger charge is 2.28. The number of carbonyl (C=O) groups is 1. The summed E-state index contributed by atoms with van der Waals surface area (Å²) in [6, 6.07) is 4.01. The predicted molar refractivity (Wildman–Crippen MR) is 64.3 cm³/mol. The van der Waals surface area contributed by atoms with Crippen LogP contribution in [0.3, 0.4) is 0 Å². The third-order valence-corrected chi connectivity index (χ3v) is 2.52. The van der Waals surface area contributed by atoms with Gasteiger partial charge in [0.1, 0.15) is 12.4 Å². The summed E-state index contributed by atoms with van der Waals surface area (Å²) in [6.07, 6.45) is 5.22. The van der Waals surface area contributed by atoms with E-state index >= 15 is 0 Å². The first-order valence-electron chi connectivity index (χ1n) is 5.24. The largest absolute Gasteiger partial charge is 0.507 e. The number of carbonyl (C=O) groups excluding carboxylic acids is 1. The fourth-order valence-corrected chi connectivity index (χ4v) is 1.58. The minimum absolute atomic E-state index is 0.0327. The fraction of sp³-hybridized carbons (Fsp3) is 0.231. The van der Waals surface area contributed by atoms with Crippen molar-refractivity contribution in [3.8, 4) is 18.1 Å². The Morgan fingerprint density at radius 1 is 1.67 bits per heavy atom. The Bertz CT molecular complexity index is 557. The second-order valence-electron chi connectivity index (χ2n) is 3.66. The maximum absolute atomic E-state index is 11.3. The zero-order valence-electron chi connectivity index (χ0n) is 9.71. The molecule has 1 N–H and O–H groups in total. The van der Waals surface area contributed by atoms with Crippen LogP contribution >= 0.6 is 0 Å². The van der Waals surface area contributed by atoms with Crippen LogP contribution in [0.5, 0.6) is 5.75 Å². The zero-order chi connectivity index (χ0) is 13.1. The Balaban J connectivity index is 2.29. The number of esters is 1. The Kier molecular flexibility index (Phi) is 3.20. The second-order valence-corrected chi connectivity index (χ2v) is 3.66. The molecule has 1 heterocycles. The lowest BCUT2D eigenvalue weighted by atomic mass is 10.1. The molecule has 0 aliphatic carbocycles. The van der Waals surface area contributed by atoms with Crippen molar-refractivity contribution < 1.29 is 19.4 Å². The van der Waals surface area contributed by atoms with Gasteiger partial charge in [0.25, 0.3) is 0 Å². The molecule has 0 saturated carbocycles. The molecule has 0 amide bonds. The van der Waals surface area contributed by atoms with Gasteiger partial charge in [0, 0.05) is 5.56 Å². The van der Waals surface area contributed by atoms with Gasteiger partial charge in [-0.2, -0.15) is 0 Å². The number of hydrogen-bond donors (Lipinski definition) is 1. The molecular weight excluding hydrogens is 234 g/mol. The first kappa shape index (κ1) is 12.0. The van der Waals surface area contributed by atoms with Crippen molar-refractivity contribution in [2.45, 2.75) is 6.04 Å². The number of aliphatic imine (C=N–C) groups is 1. The minimum atomic E-state index is -0.684. The van der Waals surface area contributed by atoms with E-state index in [0.29, 0.717) is 11.1 Å². The third kappa shape index (κ3) is 2.13. The second kappa shape index (κ2) is 4.80. The first-order valence-corrected chi connectivity index (χ1v) is 5.24. The highest BCUT2D eigenvalue weighted by Crippen LogP contribution is 2.23. The first-order chi connectivity index (χ1) is 8.65. The van der Waals surface area contributed by atoms with Crippen molar-refractivity contribution in [3.05, 3.63) is 29.3 Å². The summed E-state index contributed by atoms with van der Waals surface area (Å²) in [5.41, 5.74) is 0.958. The number of ether oxygens (including phenoxy) is 2. The monoisotopic (exact) mass is 245 g/mol. The number of terminal acetylenes is 1. The van der Waals surface area contributed by atoms with E-state index in [-0.39, 0.29) is 18.3 Å². The van der Waals surface area contributed by atoms with Gasteiger partial charge in [-0.05, 0) is 18.2 Å². The molecule has 0 radical (unpaired) electrons. The summed E-state index contributed by atoms with van der Waals surface area (Å²) >= 11 is 0. The van der Waals surface area contributed by atoms with Gasteiger partial charge in [-0.1, -0.05) is 5.92 Å². The molecule has 1 aliphatic heterocycles. The van der Waals surface area contributed by atoms with Crippen molar-refractivity contribution in [1.29, 1.82) is 0 Å². The molecule has 1 unspecified atom stereocenters. The summed E-state index contributed by atoms with van der Waals surface area (Å²) in [6.45, 7) is 0.109. The minimum Gasteiger partial charge on any atom is -0.507 e. The van der Waals surface area contributed by atoms with Crippen LogP contribution in [-0.2, 0) is 14.3 Å². The van der Waals surface area contributed by atoms with Crippen molar-refractivity contribution >= 4 is 11.9 Å². The highest BCUT2D eigenvalue weighted by atomic mass is 16.5. The van der Waals surface area contributed by atoms with E-state index < -0.39 is 12.0 Å². The van der Waals surface area contributed by atoms with Gasteiger partial charge in [-0.3, -0.25) is 0 Å². The summed E-state index contributed by atoms with van der Waals surface area (Å²) < 4.78 is 9.84. The maximum atomic E-state index is 11.3.